The summed E-state index contributed by atoms with van der Waals surface area (Å²) >= 11 is 0. The molecule has 1 atom stereocenters. The normalized spacial score (nSPS) is 17.1. The van der Waals surface area contributed by atoms with Crippen LogP contribution in [-0.2, 0) is 16.0 Å². The van der Waals surface area contributed by atoms with Gasteiger partial charge in [-0.3, -0.25) is 15.0 Å². The Morgan fingerprint density at radius 1 is 1.34 bits per heavy atom. The van der Waals surface area contributed by atoms with Crippen molar-refractivity contribution >= 4 is 11.8 Å². The van der Waals surface area contributed by atoms with Gasteiger partial charge in [0.1, 0.15) is 11.6 Å². The lowest BCUT2D eigenvalue weighted by atomic mass is 9.81. The minimum absolute atomic E-state index is 0.202. The lowest BCUT2D eigenvalue weighted by Crippen LogP contribution is -2.30. The summed E-state index contributed by atoms with van der Waals surface area (Å²) in [5.41, 5.74) is 0.770. The minimum Gasteiger partial charge on any atom is -0.494 e. The Labute approximate surface area is 173 Å². The molecular weight excluding hydrogens is 368 g/mol. The monoisotopic (exact) mass is 400 g/mol. The molecule has 6 nitrogen and oxygen atoms in total. The highest BCUT2D eigenvalue weighted by Gasteiger charge is 2.25. The molecule has 1 aliphatic rings. The lowest BCUT2D eigenvalue weighted by Gasteiger charge is -2.24. The van der Waals surface area contributed by atoms with Crippen LogP contribution in [0.3, 0.4) is 0 Å². The van der Waals surface area contributed by atoms with E-state index in [1.807, 2.05) is 56.3 Å². The van der Waals surface area contributed by atoms with E-state index >= 15 is 0 Å². The molecule has 6 heteroatoms. The maximum Gasteiger partial charge on any atom is 0.306 e. The van der Waals surface area contributed by atoms with Crippen molar-refractivity contribution in [3.8, 4) is 5.75 Å². The van der Waals surface area contributed by atoms with Gasteiger partial charge in [-0.05, 0) is 36.5 Å². The van der Waals surface area contributed by atoms with E-state index in [1.54, 1.807) is 0 Å². The van der Waals surface area contributed by atoms with E-state index in [0.29, 0.717) is 51.4 Å². The highest BCUT2D eigenvalue weighted by atomic mass is 16.5. The molecular formula is C23H32N2O4. The van der Waals surface area contributed by atoms with Crippen molar-refractivity contribution in [1.82, 2.24) is 5.06 Å². The molecule has 2 rings (SSSR count). The number of nitrogens with zero attached hydrogens (tertiary/aromatic N) is 2. The molecule has 0 saturated heterocycles. The average Bonchev–Trinajstić information content (AvgIpc) is 2.70. The first-order chi connectivity index (χ1) is 14.0. The van der Waals surface area contributed by atoms with Gasteiger partial charge in [-0.2, -0.15) is 0 Å². The molecule has 0 amide bonds. The van der Waals surface area contributed by atoms with Crippen LogP contribution in [0.25, 0.3) is 0 Å². The molecule has 1 heterocycles. The highest BCUT2D eigenvalue weighted by molar-refractivity contribution is 5.83. The molecule has 158 valence electrons. The molecule has 1 unspecified atom stereocenters. The Bertz CT molecular complexity index is 727. The predicted molar refractivity (Wildman–Crippen MR) is 114 cm³/mol. The van der Waals surface area contributed by atoms with Crippen LogP contribution in [0.5, 0.6) is 5.75 Å². The SMILES string of the molecule is C=CC(C)(CC(=O)OCC)Cc1ccc(OCCCN=C2CC=CCN2O)cc1. The van der Waals surface area contributed by atoms with Crippen molar-refractivity contribution in [2.45, 2.75) is 39.5 Å². The quantitative estimate of drug-likeness (QED) is 0.343. The number of carbonyl (C=O) groups is 1. The Balaban J connectivity index is 1.77. The Morgan fingerprint density at radius 2 is 2.10 bits per heavy atom. The van der Waals surface area contributed by atoms with Crippen LogP contribution < -0.4 is 4.74 Å². The van der Waals surface area contributed by atoms with Crippen LogP contribution in [0.1, 0.15) is 38.7 Å². The predicted octanol–water partition coefficient (Wildman–Crippen LogP) is 4.19. The number of hydrogen-bond donors (Lipinski definition) is 1. The maximum absolute atomic E-state index is 11.8. The van der Waals surface area contributed by atoms with Crippen molar-refractivity contribution in [2.75, 3.05) is 26.3 Å². The van der Waals surface area contributed by atoms with Gasteiger partial charge in [0.05, 0.1) is 26.2 Å². The standard InChI is InChI=1S/C23H32N2O4/c1-4-23(3,18-22(26)28-5-2)17-19-10-12-20(13-11-19)29-16-8-14-24-21-9-6-7-15-25(21)27/h4,6-7,10-13,27H,1,5,8-9,14-18H2,2-3H3. The van der Waals surface area contributed by atoms with E-state index in [4.69, 9.17) is 9.47 Å². The summed E-state index contributed by atoms with van der Waals surface area (Å²) in [6, 6.07) is 7.91. The number of allylic oxidation sites excluding steroid dienone is 1. The van der Waals surface area contributed by atoms with Gasteiger partial charge in [0.2, 0.25) is 0 Å². The first-order valence-corrected chi connectivity index (χ1v) is 10.1. The smallest absolute Gasteiger partial charge is 0.306 e. The van der Waals surface area contributed by atoms with Crippen molar-refractivity contribution in [1.29, 1.82) is 0 Å². The van der Waals surface area contributed by atoms with E-state index in [-0.39, 0.29) is 11.4 Å². The molecule has 0 aromatic heterocycles. The number of ether oxygens (including phenoxy) is 2. The second kappa shape index (κ2) is 11.4. The van der Waals surface area contributed by atoms with Gasteiger partial charge < -0.3 is 9.47 Å². The van der Waals surface area contributed by atoms with Crippen LogP contribution >= 0.6 is 0 Å². The number of hydrogen-bond acceptors (Lipinski definition) is 5. The Hall–Kier alpha value is -2.60. The summed E-state index contributed by atoms with van der Waals surface area (Å²) in [4.78, 5) is 16.2. The summed E-state index contributed by atoms with van der Waals surface area (Å²) in [5, 5.41) is 10.9. The third kappa shape index (κ3) is 7.74. The first-order valence-electron chi connectivity index (χ1n) is 10.1. The fourth-order valence-corrected chi connectivity index (χ4v) is 3.10. The third-order valence-electron chi connectivity index (χ3n) is 4.79. The van der Waals surface area contributed by atoms with Crippen molar-refractivity contribution in [3.63, 3.8) is 0 Å². The zero-order valence-electron chi connectivity index (χ0n) is 17.5. The van der Waals surface area contributed by atoms with Crippen molar-refractivity contribution in [2.24, 2.45) is 10.4 Å². The number of carbonyl (C=O) groups excluding carboxylic acids is 1. The zero-order valence-corrected chi connectivity index (χ0v) is 17.5. The van der Waals surface area contributed by atoms with E-state index in [1.165, 1.54) is 5.06 Å². The first kappa shape index (κ1) is 22.7. The molecule has 0 bridgehead atoms. The zero-order chi connectivity index (χ0) is 21.1. The summed E-state index contributed by atoms with van der Waals surface area (Å²) in [6.45, 7) is 9.77. The molecule has 1 N–H and O–H groups in total. The number of aliphatic imine (C=N–C) groups is 1. The van der Waals surface area contributed by atoms with Crippen LogP contribution in [0, 0.1) is 5.41 Å². The van der Waals surface area contributed by atoms with Gasteiger partial charge in [-0.1, -0.05) is 37.3 Å². The van der Waals surface area contributed by atoms with Crippen LogP contribution in [0.4, 0.5) is 0 Å². The molecule has 0 aliphatic carbocycles. The summed E-state index contributed by atoms with van der Waals surface area (Å²) in [5.74, 6) is 1.30. The fourth-order valence-electron chi connectivity index (χ4n) is 3.10. The molecule has 1 aliphatic heterocycles. The lowest BCUT2D eigenvalue weighted by molar-refractivity contribution is -0.145. The second-order valence-electron chi connectivity index (χ2n) is 7.42. The number of benzene rings is 1. The molecule has 0 fully saturated rings. The Kier molecular flexibility index (Phi) is 8.93. The average molecular weight is 401 g/mol. The van der Waals surface area contributed by atoms with E-state index in [0.717, 1.165) is 17.7 Å². The fraction of sp³-hybridized carbons (Fsp3) is 0.478. The number of rotatable bonds is 11. The largest absolute Gasteiger partial charge is 0.494 e. The summed E-state index contributed by atoms with van der Waals surface area (Å²) in [6.07, 6.45) is 8.21. The van der Waals surface area contributed by atoms with Crippen molar-refractivity contribution < 1.29 is 19.5 Å². The van der Waals surface area contributed by atoms with Gasteiger partial charge in [0.15, 0.2) is 0 Å². The third-order valence-corrected chi connectivity index (χ3v) is 4.79. The van der Waals surface area contributed by atoms with Gasteiger partial charge in [-0.15, -0.1) is 6.58 Å². The number of hydroxylamine groups is 2. The van der Waals surface area contributed by atoms with E-state index < -0.39 is 0 Å². The molecule has 0 saturated carbocycles. The van der Waals surface area contributed by atoms with Crippen LogP contribution in [-0.4, -0.2) is 48.4 Å². The topological polar surface area (TPSA) is 71.4 Å². The molecule has 0 spiro atoms. The van der Waals surface area contributed by atoms with Gasteiger partial charge in [-0.25, -0.2) is 5.06 Å². The van der Waals surface area contributed by atoms with Gasteiger partial charge in [0.25, 0.3) is 0 Å². The molecule has 29 heavy (non-hydrogen) atoms. The van der Waals surface area contributed by atoms with E-state index in [9.17, 15) is 10.0 Å². The van der Waals surface area contributed by atoms with Crippen LogP contribution in [0.2, 0.25) is 0 Å². The molecule has 0 radical (unpaired) electrons. The second-order valence-corrected chi connectivity index (χ2v) is 7.42. The summed E-state index contributed by atoms with van der Waals surface area (Å²) < 4.78 is 10.8. The number of amidine groups is 1. The highest BCUT2D eigenvalue weighted by Crippen LogP contribution is 2.29. The minimum atomic E-state index is -0.345. The number of esters is 1. The maximum atomic E-state index is 11.8. The molecule has 1 aromatic rings. The van der Waals surface area contributed by atoms with Gasteiger partial charge in [0, 0.05) is 19.4 Å². The van der Waals surface area contributed by atoms with Gasteiger partial charge >= 0.3 is 5.97 Å². The van der Waals surface area contributed by atoms with Crippen LogP contribution in [0.15, 0.2) is 54.1 Å². The van der Waals surface area contributed by atoms with E-state index in [2.05, 4.69) is 11.6 Å². The Morgan fingerprint density at radius 3 is 2.76 bits per heavy atom. The molecule has 1 aromatic carbocycles. The van der Waals surface area contributed by atoms with Crippen molar-refractivity contribution in [3.05, 3.63) is 54.6 Å². The summed E-state index contributed by atoms with van der Waals surface area (Å²) in [7, 11) is 0.